The smallest absolute Gasteiger partial charge is 0.324 e. The number of carbonyl (C=O) groups excluding carboxylic acids is 1. The molecule has 5 nitrogen and oxygen atoms in total. The molecule has 0 atom stereocenters. The number of benzene rings is 1. The van der Waals surface area contributed by atoms with Gasteiger partial charge < -0.3 is 10.1 Å². The van der Waals surface area contributed by atoms with E-state index in [-0.39, 0.29) is 6.03 Å². The molecule has 2 amide bonds. The number of pyridine rings is 1. The molecule has 0 spiro atoms. The van der Waals surface area contributed by atoms with Gasteiger partial charge in [0.2, 0.25) is 0 Å². The van der Waals surface area contributed by atoms with E-state index < -0.39 is 0 Å². The van der Waals surface area contributed by atoms with Gasteiger partial charge in [-0.05, 0) is 52.3 Å². The zero-order valence-corrected chi connectivity index (χ0v) is 11.8. The first-order valence-corrected chi connectivity index (χ1v) is 6.31. The molecule has 0 bridgehead atoms. The summed E-state index contributed by atoms with van der Waals surface area (Å²) in [6.45, 7) is 0. The number of nitrogens with zero attached hydrogens (tertiary/aromatic N) is 1. The lowest BCUT2D eigenvalue weighted by molar-refractivity contribution is 0.262. The molecule has 0 saturated carbocycles. The van der Waals surface area contributed by atoms with Crippen LogP contribution in [0.25, 0.3) is 0 Å². The summed E-state index contributed by atoms with van der Waals surface area (Å²) >= 11 is 3.31. The molecule has 2 N–H and O–H groups in total. The van der Waals surface area contributed by atoms with Crippen molar-refractivity contribution in [3.63, 3.8) is 0 Å². The molecule has 0 radical (unpaired) electrons. The first-order chi connectivity index (χ1) is 9.19. The van der Waals surface area contributed by atoms with Crippen LogP contribution in [0.2, 0.25) is 0 Å². The van der Waals surface area contributed by atoms with Crippen molar-refractivity contribution >= 4 is 33.5 Å². The summed E-state index contributed by atoms with van der Waals surface area (Å²) in [4.78, 5) is 15.8. The maximum Gasteiger partial charge on any atom is 0.324 e. The topological polar surface area (TPSA) is 63.2 Å². The van der Waals surface area contributed by atoms with E-state index in [4.69, 9.17) is 4.74 Å². The highest BCUT2D eigenvalue weighted by Gasteiger charge is 2.06. The summed E-state index contributed by atoms with van der Waals surface area (Å²) in [6, 6.07) is 10.3. The van der Waals surface area contributed by atoms with Crippen LogP contribution in [-0.2, 0) is 0 Å². The largest absolute Gasteiger partial charge is 0.497 e. The zero-order chi connectivity index (χ0) is 13.7. The number of hydrogen-bond acceptors (Lipinski definition) is 3. The Labute approximate surface area is 119 Å². The molecule has 1 aromatic heterocycles. The van der Waals surface area contributed by atoms with E-state index in [9.17, 15) is 4.79 Å². The second kappa shape index (κ2) is 6.19. The Kier molecular flexibility index (Phi) is 4.35. The molecule has 1 aromatic carbocycles. The Bertz CT molecular complexity index is 572. The number of hydrogen-bond donors (Lipinski definition) is 2. The second-order valence-electron chi connectivity index (χ2n) is 3.64. The molecule has 0 aliphatic rings. The molecular formula is C13H12BrN3O2. The van der Waals surface area contributed by atoms with Gasteiger partial charge in [-0.1, -0.05) is 0 Å². The molecule has 0 fully saturated rings. The fraction of sp³-hybridized carbons (Fsp3) is 0.0769. The average molecular weight is 322 g/mol. The van der Waals surface area contributed by atoms with Crippen LogP contribution in [-0.4, -0.2) is 18.1 Å². The molecule has 19 heavy (non-hydrogen) atoms. The van der Waals surface area contributed by atoms with E-state index in [0.29, 0.717) is 11.5 Å². The third-order valence-electron chi connectivity index (χ3n) is 2.34. The summed E-state index contributed by atoms with van der Waals surface area (Å²) in [6.07, 6.45) is 1.60. The van der Waals surface area contributed by atoms with Crippen molar-refractivity contribution in [2.24, 2.45) is 0 Å². The fourth-order valence-electron chi connectivity index (χ4n) is 1.42. The van der Waals surface area contributed by atoms with Gasteiger partial charge in [0.15, 0.2) is 0 Å². The number of methoxy groups -OCH3 is 1. The number of aromatic nitrogens is 1. The van der Waals surface area contributed by atoms with Crippen molar-refractivity contribution in [1.29, 1.82) is 0 Å². The Morgan fingerprint density at radius 2 is 1.95 bits per heavy atom. The normalized spacial score (nSPS) is 9.79. The number of ether oxygens (including phenoxy) is 1. The van der Waals surface area contributed by atoms with E-state index in [1.165, 1.54) is 0 Å². The average Bonchev–Trinajstić information content (AvgIpc) is 2.42. The Hall–Kier alpha value is -2.08. The predicted molar refractivity (Wildman–Crippen MR) is 77.6 cm³/mol. The van der Waals surface area contributed by atoms with Crippen LogP contribution in [0, 0.1) is 0 Å². The summed E-state index contributed by atoms with van der Waals surface area (Å²) in [7, 11) is 1.59. The highest BCUT2D eigenvalue weighted by molar-refractivity contribution is 9.10. The molecule has 0 aliphatic heterocycles. The SMILES string of the molecule is COc1ccc(NC(=O)Nc2ncccc2Br)cc1. The Morgan fingerprint density at radius 3 is 2.58 bits per heavy atom. The summed E-state index contributed by atoms with van der Waals surface area (Å²) in [5, 5.41) is 5.35. The van der Waals surface area contributed by atoms with Crippen LogP contribution in [0.3, 0.4) is 0 Å². The molecule has 98 valence electrons. The van der Waals surface area contributed by atoms with Crippen LogP contribution in [0.5, 0.6) is 5.75 Å². The minimum atomic E-state index is -0.357. The molecule has 2 rings (SSSR count). The van der Waals surface area contributed by atoms with E-state index >= 15 is 0 Å². The molecule has 2 aromatic rings. The van der Waals surface area contributed by atoms with Crippen LogP contribution in [0.4, 0.5) is 16.3 Å². The number of carbonyl (C=O) groups is 1. The molecule has 1 heterocycles. The number of nitrogens with one attached hydrogen (secondary N) is 2. The Balaban J connectivity index is 1.99. The van der Waals surface area contributed by atoms with Gasteiger partial charge in [0.05, 0.1) is 11.6 Å². The molecule has 0 aliphatic carbocycles. The van der Waals surface area contributed by atoms with Gasteiger partial charge in [0.25, 0.3) is 0 Å². The van der Waals surface area contributed by atoms with Crippen LogP contribution >= 0.6 is 15.9 Å². The lowest BCUT2D eigenvalue weighted by atomic mass is 10.3. The minimum Gasteiger partial charge on any atom is -0.497 e. The summed E-state index contributed by atoms with van der Waals surface area (Å²) in [5.74, 6) is 1.20. The summed E-state index contributed by atoms with van der Waals surface area (Å²) < 4.78 is 5.76. The number of urea groups is 1. The number of halogens is 1. The maximum atomic E-state index is 11.8. The molecular weight excluding hydrogens is 310 g/mol. The lowest BCUT2D eigenvalue weighted by Crippen LogP contribution is -2.20. The fourth-order valence-corrected chi connectivity index (χ4v) is 1.78. The van der Waals surface area contributed by atoms with Crippen molar-refractivity contribution in [3.05, 3.63) is 47.1 Å². The summed E-state index contributed by atoms with van der Waals surface area (Å²) in [5.41, 5.74) is 0.672. The predicted octanol–water partition coefficient (Wildman–Crippen LogP) is 3.50. The first kappa shape index (κ1) is 13.4. The van der Waals surface area contributed by atoms with E-state index in [0.717, 1.165) is 10.2 Å². The van der Waals surface area contributed by atoms with Crippen molar-refractivity contribution in [2.45, 2.75) is 0 Å². The van der Waals surface area contributed by atoms with Crippen LogP contribution < -0.4 is 15.4 Å². The van der Waals surface area contributed by atoms with Gasteiger partial charge in [-0.3, -0.25) is 5.32 Å². The van der Waals surface area contributed by atoms with Gasteiger partial charge in [-0.2, -0.15) is 0 Å². The van der Waals surface area contributed by atoms with Gasteiger partial charge in [0.1, 0.15) is 11.6 Å². The molecule has 6 heteroatoms. The maximum absolute atomic E-state index is 11.8. The van der Waals surface area contributed by atoms with Crippen molar-refractivity contribution in [2.75, 3.05) is 17.7 Å². The monoisotopic (exact) mass is 321 g/mol. The third kappa shape index (κ3) is 3.69. The second-order valence-corrected chi connectivity index (χ2v) is 4.50. The molecule has 0 unspecified atom stereocenters. The quantitative estimate of drug-likeness (QED) is 0.909. The first-order valence-electron chi connectivity index (χ1n) is 5.51. The Morgan fingerprint density at radius 1 is 1.21 bits per heavy atom. The number of anilines is 2. The van der Waals surface area contributed by atoms with Crippen molar-refractivity contribution in [3.8, 4) is 5.75 Å². The van der Waals surface area contributed by atoms with Gasteiger partial charge >= 0.3 is 6.03 Å². The highest BCUT2D eigenvalue weighted by Crippen LogP contribution is 2.19. The number of rotatable bonds is 3. The standard InChI is InChI=1S/C13H12BrN3O2/c1-19-10-6-4-9(5-7-10)16-13(18)17-12-11(14)3-2-8-15-12/h2-8H,1H3,(H2,15,16,17,18). The van der Waals surface area contributed by atoms with Gasteiger partial charge in [-0.15, -0.1) is 0 Å². The molecule has 0 saturated heterocycles. The van der Waals surface area contributed by atoms with Crippen molar-refractivity contribution < 1.29 is 9.53 Å². The van der Waals surface area contributed by atoms with Gasteiger partial charge in [-0.25, -0.2) is 9.78 Å². The van der Waals surface area contributed by atoms with Crippen LogP contribution in [0.1, 0.15) is 0 Å². The zero-order valence-electron chi connectivity index (χ0n) is 10.2. The lowest BCUT2D eigenvalue weighted by Gasteiger charge is -2.08. The van der Waals surface area contributed by atoms with Crippen molar-refractivity contribution in [1.82, 2.24) is 4.98 Å². The highest BCUT2D eigenvalue weighted by atomic mass is 79.9. The van der Waals surface area contributed by atoms with E-state index in [1.54, 1.807) is 49.7 Å². The minimum absolute atomic E-state index is 0.357. The van der Waals surface area contributed by atoms with E-state index in [1.807, 2.05) is 0 Å². The number of amides is 2. The van der Waals surface area contributed by atoms with E-state index in [2.05, 4.69) is 31.5 Å². The van der Waals surface area contributed by atoms with Crippen LogP contribution in [0.15, 0.2) is 47.1 Å². The van der Waals surface area contributed by atoms with Gasteiger partial charge in [0, 0.05) is 11.9 Å². The third-order valence-corrected chi connectivity index (χ3v) is 2.98.